The van der Waals surface area contributed by atoms with Crippen LogP contribution >= 0.6 is 27.5 Å². The van der Waals surface area contributed by atoms with Gasteiger partial charge in [0.2, 0.25) is 5.91 Å². The standard InChI is InChI=1S/C12H12BrClFNO2/c13-10-2-1-8(15)7-9(10)11(14)12(17)16-3-5-18-6-4-16/h1-2,7,11H,3-6H2. The molecule has 1 heterocycles. The molecule has 1 atom stereocenters. The summed E-state index contributed by atoms with van der Waals surface area (Å²) in [4.78, 5) is 13.8. The van der Waals surface area contributed by atoms with Crippen LogP contribution in [0.15, 0.2) is 22.7 Å². The van der Waals surface area contributed by atoms with Crippen molar-refractivity contribution in [2.24, 2.45) is 0 Å². The van der Waals surface area contributed by atoms with Crippen molar-refractivity contribution in [1.29, 1.82) is 0 Å². The Morgan fingerprint density at radius 2 is 2.11 bits per heavy atom. The van der Waals surface area contributed by atoms with Gasteiger partial charge in [-0.1, -0.05) is 15.9 Å². The molecule has 0 aliphatic carbocycles. The highest BCUT2D eigenvalue weighted by Gasteiger charge is 2.27. The lowest BCUT2D eigenvalue weighted by molar-refractivity contribution is -0.134. The first-order valence-corrected chi connectivity index (χ1v) is 6.78. The maximum atomic E-state index is 13.2. The first kappa shape index (κ1) is 13.8. The van der Waals surface area contributed by atoms with Gasteiger partial charge >= 0.3 is 0 Å². The zero-order valence-corrected chi connectivity index (χ0v) is 11.9. The number of ether oxygens (including phenoxy) is 1. The topological polar surface area (TPSA) is 29.5 Å². The number of morpholine rings is 1. The highest BCUT2D eigenvalue weighted by molar-refractivity contribution is 9.10. The van der Waals surface area contributed by atoms with Crippen LogP contribution in [-0.2, 0) is 9.53 Å². The first-order valence-electron chi connectivity index (χ1n) is 5.55. The van der Waals surface area contributed by atoms with E-state index in [-0.39, 0.29) is 5.91 Å². The highest BCUT2D eigenvalue weighted by Crippen LogP contribution is 2.30. The van der Waals surface area contributed by atoms with Gasteiger partial charge in [-0.15, -0.1) is 11.6 Å². The van der Waals surface area contributed by atoms with E-state index < -0.39 is 11.2 Å². The number of hydrogen-bond donors (Lipinski definition) is 0. The van der Waals surface area contributed by atoms with E-state index >= 15 is 0 Å². The molecular formula is C12H12BrClFNO2. The zero-order valence-electron chi connectivity index (χ0n) is 9.54. The minimum absolute atomic E-state index is 0.216. The van der Waals surface area contributed by atoms with Crippen molar-refractivity contribution < 1.29 is 13.9 Å². The van der Waals surface area contributed by atoms with Gasteiger partial charge in [0.25, 0.3) is 0 Å². The Kier molecular flexibility index (Phi) is 4.59. The second-order valence-electron chi connectivity index (χ2n) is 3.97. The van der Waals surface area contributed by atoms with Crippen LogP contribution in [0.2, 0.25) is 0 Å². The molecule has 6 heteroatoms. The Morgan fingerprint density at radius 1 is 1.44 bits per heavy atom. The van der Waals surface area contributed by atoms with E-state index in [1.165, 1.54) is 12.1 Å². The second kappa shape index (κ2) is 5.99. The molecule has 1 amide bonds. The fraction of sp³-hybridized carbons (Fsp3) is 0.417. The number of benzene rings is 1. The van der Waals surface area contributed by atoms with Gasteiger partial charge in [-0.3, -0.25) is 4.79 Å². The molecule has 1 saturated heterocycles. The van der Waals surface area contributed by atoms with Crippen molar-refractivity contribution in [1.82, 2.24) is 4.90 Å². The summed E-state index contributed by atoms with van der Waals surface area (Å²) in [5.41, 5.74) is 0.452. The SMILES string of the molecule is O=C(C(Cl)c1cc(F)ccc1Br)N1CCOCC1. The predicted molar refractivity (Wildman–Crippen MR) is 70.1 cm³/mol. The molecule has 0 aromatic heterocycles. The first-order chi connectivity index (χ1) is 8.59. The molecule has 1 aliphatic rings. The van der Waals surface area contributed by atoms with E-state index in [0.29, 0.717) is 36.3 Å². The van der Waals surface area contributed by atoms with Gasteiger partial charge in [-0.25, -0.2) is 4.39 Å². The lowest BCUT2D eigenvalue weighted by Crippen LogP contribution is -2.42. The van der Waals surface area contributed by atoms with E-state index in [1.54, 1.807) is 11.0 Å². The summed E-state index contributed by atoms with van der Waals surface area (Å²) in [6.07, 6.45) is 0. The lowest BCUT2D eigenvalue weighted by Gasteiger charge is -2.28. The third kappa shape index (κ3) is 3.02. The molecule has 0 spiro atoms. The molecular weight excluding hydrogens is 324 g/mol. The lowest BCUT2D eigenvalue weighted by atomic mass is 10.1. The molecule has 2 rings (SSSR count). The van der Waals surface area contributed by atoms with Crippen LogP contribution in [-0.4, -0.2) is 37.1 Å². The van der Waals surface area contributed by atoms with Gasteiger partial charge in [-0.05, 0) is 23.8 Å². The molecule has 1 aromatic carbocycles. The fourth-order valence-corrected chi connectivity index (χ4v) is 2.71. The van der Waals surface area contributed by atoms with Crippen LogP contribution in [0.5, 0.6) is 0 Å². The smallest absolute Gasteiger partial charge is 0.245 e. The molecule has 98 valence electrons. The molecule has 0 bridgehead atoms. The normalized spacial score (nSPS) is 17.6. The van der Waals surface area contributed by atoms with Gasteiger partial charge in [0.05, 0.1) is 13.2 Å². The molecule has 0 saturated carbocycles. The monoisotopic (exact) mass is 335 g/mol. The van der Waals surface area contributed by atoms with Crippen LogP contribution in [0.25, 0.3) is 0 Å². The Labute approximate surface area is 118 Å². The van der Waals surface area contributed by atoms with E-state index in [0.717, 1.165) is 0 Å². The minimum Gasteiger partial charge on any atom is -0.378 e. The largest absolute Gasteiger partial charge is 0.378 e. The Balaban J connectivity index is 2.16. The quantitative estimate of drug-likeness (QED) is 0.777. The molecule has 1 aromatic rings. The summed E-state index contributed by atoms with van der Waals surface area (Å²) in [6.45, 7) is 2.07. The average Bonchev–Trinajstić information content (AvgIpc) is 2.41. The highest BCUT2D eigenvalue weighted by atomic mass is 79.9. The van der Waals surface area contributed by atoms with Crippen LogP contribution < -0.4 is 0 Å². The summed E-state index contributed by atoms with van der Waals surface area (Å²) >= 11 is 9.42. The summed E-state index contributed by atoms with van der Waals surface area (Å²) in [5, 5.41) is -0.881. The van der Waals surface area contributed by atoms with Crippen LogP contribution in [0.1, 0.15) is 10.9 Å². The van der Waals surface area contributed by atoms with Gasteiger partial charge in [-0.2, -0.15) is 0 Å². The number of carbonyl (C=O) groups excluding carboxylic acids is 1. The van der Waals surface area contributed by atoms with Crippen LogP contribution in [0.3, 0.4) is 0 Å². The minimum atomic E-state index is -0.881. The molecule has 0 N–H and O–H groups in total. The third-order valence-electron chi connectivity index (χ3n) is 2.77. The molecule has 3 nitrogen and oxygen atoms in total. The molecule has 1 fully saturated rings. The van der Waals surface area contributed by atoms with Crippen molar-refractivity contribution in [3.8, 4) is 0 Å². The van der Waals surface area contributed by atoms with Crippen molar-refractivity contribution in [3.63, 3.8) is 0 Å². The maximum Gasteiger partial charge on any atom is 0.245 e. The van der Waals surface area contributed by atoms with Crippen LogP contribution in [0, 0.1) is 5.82 Å². The molecule has 0 radical (unpaired) electrons. The number of amides is 1. The number of alkyl halides is 1. The van der Waals surface area contributed by atoms with Crippen molar-refractivity contribution in [3.05, 3.63) is 34.1 Å². The number of carbonyl (C=O) groups is 1. The number of halogens is 3. The van der Waals surface area contributed by atoms with Crippen molar-refractivity contribution >= 4 is 33.4 Å². The second-order valence-corrected chi connectivity index (χ2v) is 5.26. The van der Waals surface area contributed by atoms with E-state index in [9.17, 15) is 9.18 Å². The zero-order chi connectivity index (χ0) is 13.1. The summed E-state index contributed by atoms with van der Waals surface area (Å²) in [5.74, 6) is -0.625. The number of hydrogen-bond acceptors (Lipinski definition) is 2. The average molecular weight is 337 g/mol. The fourth-order valence-electron chi connectivity index (χ4n) is 1.79. The Hall–Kier alpha value is -0.650. The van der Waals surface area contributed by atoms with Crippen LogP contribution in [0.4, 0.5) is 4.39 Å². The van der Waals surface area contributed by atoms with E-state index in [4.69, 9.17) is 16.3 Å². The third-order valence-corrected chi connectivity index (χ3v) is 3.91. The maximum absolute atomic E-state index is 13.2. The Morgan fingerprint density at radius 3 is 2.78 bits per heavy atom. The summed E-state index contributed by atoms with van der Waals surface area (Å²) in [7, 11) is 0. The predicted octanol–water partition coefficient (Wildman–Crippen LogP) is 2.73. The van der Waals surface area contributed by atoms with E-state index in [2.05, 4.69) is 15.9 Å². The van der Waals surface area contributed by atoms with Gasteiger partial charge < -0.3 is 9.64 Å². The summed E-state index contributed by atoms with van der Waals surface area (Å²) < 4.78 is 19.0. The number of nitrogens with zero attached hydrogens (tertiary/aromatic N) is 1. The van der Waals surface area contributed by atoms with Gasteiger partial charge in [0.15, 0.2) is 0 Å². The Bertz CT molecular complexity index is 452. The summed E-state index contributed by atoms with van der Waals surface area (Å²) in [6, 6.07) is 4.14. The van der Waals surface area contributed by atoms with Gasteiger partial charge in [0, 0.05) is 17.6 Å². The van der Waals surface area contributed by atoms with E-state index in [1.807, 2.05) is 0 Å². The molecule has 1 aliphatic heterocycles. The number of rotatable bonds is 2. The molecule has 1 unspecified atom stereocenters. The molecule has 18 heavy (non-hydrogen) atoms. The van der Waals surface area contributed by atoms with Gasteiger partial charge in [0.1, 0.15) is 11.2 Å². The van der Waals surface area contributed by atoms with Crippen molar-refractivity contribution in [2.75, 3.05) is 26.3 Å². The van der Waals surface area contributed by atoms with Crippen molar-refractivity contribution in [2.45, 2.75) is 5.38 Å².